The smallest absolute Gasteiger partial charge is 0.320 e. The standard InChI is InChI=1S/C9H18N2O3/c1-8(9(12)13)10-2-3-11-4-6-14-7-5-11/h8,10H,2-7H2,1H3,(H,12,13)/t8-/m1/s1. The first-order valence-corrected chi connectivity index (χ1v) is 4.96. The molecule has 0 radical (unpaired) electrons. The Balaban J connectivity index is 2.05. The van der Waals surface area contributed by atoms with Crippen molar-refractivity contribution in [2.45, 2.75) is 13.0 Å². The van der Waals surface area contributed by atoms with Crippen LogP contribution in [0.25, 0.3) is 0 Å². The molecule has 5 heteroatoms. The van der Waals surface area contributed by atoms with Gasteiger partial charge in [-0.25, -0.2) is 0 Å². The van der Waals surface area contributed by atoms with E-state index in [9.17, 15) is 4.79 Å². The Morgan fingerprint density at radius 3 is 2.79 bits per heavy atom. The Bertz CT molecular complexity index is 181. The first kappa shape index (κ1) is 11.4. The van der Waals surface area contributed by atoms with Gasteiger partial charge in [-0.3, -0.25) is 9.69 Å². The summed E-state index contributed by atoms with van der Waals surface area (Å²) in [6.45, 7) is 6.73. The molecule has 5 nitrogen and oxygen atoms in total. The molecule has 1 aliphatic heterocycles. The minimum atomic E-state index is -0.799. The molecule has 0 spiro atoms. The number of aliphatic carboxylic acids is 1. The molecule has 0 saturated carbocycles. The number of carbonyl (C=O) groups is 1. The molecule has 1 aliphatic rings. The van der Waals surface area contributed by atoms with Crippen molar-refractivity contribution in [1.82, 2.24) is 10.2 Å². The monoisotopic (exact) mass is 202 g/mol. The number of rotatable bonds is 5. The maximum atomic E-state index is 10.5. The van der Waals surface area contributed by atoms with Crippen LogP contribution in [0.2, 0.25) is 0 Å². The predicted octanol–water partition coefficient (Wildman–Crippen LogP) is -0.619. The summed E-state index contributed by atoms with van der Waals surface area (Å²) in [4.78, 5) is 12.8. The fourth-order valence-electron chi connectivity index (χ4n) is 1.35. The van der Waals surface area contributed by atoms with Gasteiger partial charge in [-0.05, 0) is 6.92 Å². The van der Waals surface area contributed by atoms with Crippen LogP contribution >= 0.6 is 0 Å². The van der Waals surface area contributed by atoms with Crippen LogP contribution in [0.5, 0.6) is 0 Å². The molecule has 2 N–H and O–H groups in total. The molecule has 1 saturated heterocycles. The molecule has 1 rings (SSSR count). The van der Waals surface area contributed by atoms with Crippen LogP contribution in [0.1, 0.15) is 6.92 Å². The van der Waals surface area contributed by atoms with E-state index in [1.165, 1.54) is 0 Å². The maximum absolute atomic E-state index is 10.5. The lowest BCUT2D eigenvalue weighted by Gasteiger charge is -2.26. The van der Waals surface area contributed by atoms with Crippen molar-refractivity contribution in [1.29, 1.82) is 0 Å². The van der Waals surface area contributed by atoms with E-state index in [4.69, 9.17) is 9.84 Å². The number of nitrogens with zero attached hydrogens (tertiary/aromatic N) is 1. The number of hydrogen-bond acceptors (Lipinski definition) is 4. The van der Waals surface area contributed by atoms with E-state index in [2.05, 4.69) is 10.2 Å². The van der Waals surface area contributed by atoms with Crippen molar-refractivity contribution in [3.8, 4) is 0 Å². The van der Waals surface area contributed by atoms with Gasteiger partial charge in [-0.1, -0.05) is 0 Å². The zero-order valence-electron chi connectivity index (χ0n) is 8.53. The van der Waals surface area contributed by atoms with Crippen LogP contribution in [0, 0.1) is 0 Å². The first-order valence-electron chi connectivity index (χ1n) is 4.96. The summed E-state index contributed by atoms with van der Waals surface area (Å²) in [6.07, 6.45) is 0. The SMILES string of the molecule is C[C@@H](NCCN1CCOCC1)C(=O)O. The molecular formula is C9H18N2O3. The van der Waals surface area contributed by atoms with Crippen molar-refractivity contribution in [2.75, 3.05) is 39.4 Å². The fraction of sp³-hybridized carbons (Fsp3) is 0.889. The summed E-state index contributed by atoms with van der Waals surface area (Å²) in [5.74, 6) is -0.799. The second-order valence-electron chi connectivity index (χ2n) is 3.47. The third-order valence-corrected chi connectivity index (χ3v) is 2.35. The highest BCUT2D eigenvalue weighted by Gasteiger charge is 2.12. The summed E-state index contributed by atoms with van der Waals surface area (Å²) in [5, 5.41) is 11.6. The largest absolute Gasteiger partial charge is 0.480 e. The molecular weight excluding hydrogens is 184 g/mol. The number of carboxylic acid groups (broad SMARTS) is 1. The normalized spacial score (nSPS) is 20.6. The summed E-state index contributed by atoms with van der Waals surface area (Å²) >= 11 is 0. The lowest BCUT2D eigenvalue weighted by Crippen LogP contribution is -2.43. The maximum Gasteiger partial charge on any atom is 0.320 e. The van der Waals surface area contributed by atoms with Gasteiger partial charge < -0.3 is 15.2 Å². The van der Waals surface area contributed by atoms with Crippen molar-refractivity contribution < 1.29 is 14.6 Å². The number of carboxylic acids is 1. The van der Waals surface area contributed by atoms with Crippen molar-refractivity contribution >= 4 is 5.97 Å². The van der Waals surface area contributed by atoms with Gasteiger partial charge in [0, 0.05) is 26.2 Å². The van der Waals surface area contributed by atoms with Crippen LogP contribution in [-0.4, -0.2) is 61.4 Å². The van der Waals surface area contributed by atoms with E-state index >= 15 is 0 Å². The average molecular weight is 202 g/mol. The van der Waals surface area contributed by atoms with Gasteiger partial charge in [-0.2, -0.15) is 0 Å². The van der Waals surface area contributed by atoms with Gasteiger partial charge in [0.2, 0.25) is 0 Å². The fourth-order valence-corrected chi connectivity index (χ4v) is 1.35. The molecule has 0 aromatic carbocycles. The van der Waals surface area contributed by atoms with Gasteiger partial charge in [0.15, 0.2) is 0 Å². The lowest BCUT2D eigenvalue weighted by atomic mass is 10.3. The molecule has 0 amide bonds. The van der Waals surface area contributed by atoms with E-state index in [-0.39, 0.29) is 0 Å². The van der Waals surface area contributed by atoms with Gasteiger partial charge in [0.1, 0.15) is 6.04 Å². The molecule has 82 valence electrons. The number of hydrogen-bond donors (Lipinski definition) is 2. The van der Waals surface area contributed by atoms with E-state index in [1.54, 1.807) is 6.92 Å². The Labute approximate surface area is 84.0 Å². The Hall–Kier alpha value is -0.650. The zero-order valence-corrected chi connectivity index (χ0v) is 8.53. The third-order valence-electron chi connectivity index (χ3n) is 2.35. The molecule has 0 aromatic heterocycles. The van der Waals surface area contributed by atoms with Crippen LogP contribution in [0.15, 0.2) is 0 Å². The average Bonchev–Trinajstić information content (AvgIpc) is 2.19. The molecule has 1 atom stereocenters. The second kappa shape index (κ2) is 5.95. The highest BCUT2D eigenvalue weighted by atomic mass is 16.5. The predicted molar refractivity (Wildman–Crippen MR) is 52.4 cm³/mol. The van der Waals surface area contributed by atoms with Crippen molar-refractivity contribution in [3.05, 3.63) is 0 Å². The van der Waals surface area contributed by atoms with Crippen LogP contribution in [-0.2, 0) is 9.53 Å². The van der Waals surface area contributed by atoms with Gasteiger partial charge >= 0.3 is 5.97 Å². The zero-order chi connectivity index (χ0) is 10.4. The molecule has 1 fully saturated rings. The Morgan fingerprint density at radius 1 is 1.57 bits per heavy atom. The van der Waals surface area contributed by atoms with Crippen LogP contribution in [0.4, 0.5) is 0 Å². The van der Waals surface area contributed by atoms with Crippen LogP contribution in [0.3, 0.4) is 0 Å². The van der Waals surface area contributed by atoms with Crippen molar-refractivity contribution in [2.24, 2.45) is 0 Å². The first-order chi connectivity index (χ1) is 6.70. The molecule has 1 heterocycles. The minimum Gasteiger partial charge on any atom is -0.480 e. The van der Waals surface area contributed by atoms with E-state index < -0.39 is 12.0 Å². The summed E-state index contributed by atoms with van der Waals surface area (Å²) in [5.41, 5.74) is 0. The summed E-state index contributed by atoms with van der Waals surface area (Å²) in [7, 11) is 0. The molecule has 14 heavy (non-hydrogen) atoms. The van der Waals surface area contributed by atoms with E-state index in [0.717, 1.165) is 32.8 Å². The Morgan fingerprint density at radius 2 is 2.21 bits per heavy atom. The highest BCUT2D eigenvalue weighted by molar-refractivity contribution is 5.72. The molecule has 0 bridgehead atoms. The molecule has 0 aliphatic carbocycles. The number of ether oxygens (including phenoxy) is 1. The number of morpholine rings is 1. The van der Waals surface area contributed by atoms with Crippen LogP contribution < -0.4 is 5.32 Å². The topological polar surface area (TPSA) is 61.8 Å². The van der Waals surface area contributed by atoms with Crippen molar-refractivity contribution in [3.63, 3.8) is 0 Å². The summed E-state index contributed by atoms with van der Waals surface area (Å²) < 4.78 is 5.21. The molecule has 0 aromatic rings. The van der Waals surface area contributed by atoms with Gasteiger partial charge in [0.25, 0.3) is 0 Å². The highest BCUT2D eigenvalue weighted by Crippen LogP contribution is 1.94. The van der Waals surface area contributed by atoms with E-state index in [1.807, 2.05) is 0 Å². The summed E-state index contributed by atoms with van der Waals surface area (Å²) in [6, 6.07) is -0.462. The second-order valence-corrected chi connectivity index (χ2v) is 3.47. The third kappa shape index (κ3) is 4.04. The van der Waals surface area contributed by atoms with Gasteiger partial charge in [0.05, 0.1) is 13.2 Å². The lowest BCUT2D eigenvalue weighted by molar-refractivity contribution is -0.139. The van der Waals surface area contributed by atoms with Gasteiger partial charge in [-0.15, -0.1) is 0 Å². The Kier molecular flexibility index (Phi) is 4.86. The quantitative estimate of drug-likeness (QED) is 0.622. The minimum absolute atomic E-state index is 0.462. The number of nitrogens with one attached hydrogen (secondary N) is 1. The van der Waals surface area contributed by atoms with E-state index in [0.29, 0.717) is 6.54 Å². The molecule has 0 unspecified atom stereocenters.